The van der Waals surface area contributed by atoms with E-state index < -0.39 is 0 Å². The number of aromatic nitrogens is 4. The molecular formula is C14H18IN5O2. The van der Waals surface area contributed by atoms with Gasteiger partial charge in [-0.05, 0) is 26.8 Å². The molecule has 2 rings (SSSR count). The van der Waals surface area contributed by atoms with Gasteiger partial charge in [0.05, 0.1) is 42.5 Å². The second kappa shape index (κ2) is 7.63. The van der Waals surface area contributed by atoms with E-state index in [-0.39, 0.29) is 11.9 Å². The molecule has 2 heterocycles. The van der Waals surface area contributed by atoms with E-state index in [4.69, 9.17) is 3.07 Å². The van der Waals surface area contributed by atoms with Crippen LogP contribution in [-0.2, 0) is 3.07 Å². The Morgan fingerprint density at radius 2 is 2.23 bits per heavy atom. The van der Waals surface area contributed by atoms with Crippen molar-refractivity contribution in [1.29, 1.82) is 0 Å². The van der Waals surface area contributed by atoms with Crippen molar-refractivity contribution in [1.82, 2.24) is 20.0 Å². The Hall–Kier alpha value is -1.55. The minimum absolute atomic E-state index is 0.0659. The third kappa shape index (κ3) is 3.43. The predicted molar refractivity (Wildman–Crippen MR) is 91.0 cm³/mol. The van der Waals surface area contributed by atoms with Gasteiger partial charge >= 0.3 is 0 Å². The van der Waals surface area contributed by atoms with E-state index in [2.05, 4.69) is 15.3 Å². The highest BCUT2D eigenvalue weighted by atomic mass is 127. The Bertz CT molecular complexity index is 631. The maximum Gasteiger partial charge on any atom is 0.261 e. The summed E-state index contributed by atoms with van der Waals surface area (Å²) < 4.78 is 6.93. The SMILES string of the molecule is CCN(C(=O)c1cnn(C(C)COI)c1C)c1ccnnc1. The molecule has 0 aliphatic heterocycles. The Kier molecular flexibility index (Phi) is 5.83. The maximum absolute atomic E-state index is 12.8. The molecule has 0 fully saturated rings. The lowest BCUT2D eigenvalue weighted by molar-refractivity contribution is 0.0987. The zero-order chi connectivity index (χ0) is 16.1. The summed E-state index contributed by atoms with van der Waals surface area (Å²) >= 11 is 1.86. The summed E-state index contributed by atoms with van der Waals surface area (Å²) in [7, 11) is 0. The molecule has 0 saturated carbocycles. The number of halogens is 1. The molecule has 0 bridgehead atoms. The molecule has 0 spiro atoms. The highest BCUT2D eigenvalue weighted by Crippen LogP contribution is 2.19. The molecule has 22 heavy (non-hydrogen) atoms. The zero-order valence-electron chi connectivity index (χ0n) is 12.7. The zero-order valence-corrected chi connectivity index (χ0v) is 14.9. The van der Waals surface area contributed by atoms with Crippen LogP contribution in [0, 0.1) is 6.92 Å². The highest BCUT2D eigenvalue weighted by Gasteiger charge is 2.22. The summed E-state index contributed by atoms with van der Waals surface area (Å²) in [4.78, 5) is 14.4. The normalized spacial score (nSPS) is 12.2. The first-order chi connectivity index (χ1) is 10.6. The first-order valence-electron chi connectivity index (χ1n) is 6.96. The molecule has 8 heteroatoms. The van der Waals surface area contributed by atoms with Crippen molar-refractivity contribution in [2.75, 3.05) is 18.1 Å². The van der Waals surface area contributed by atoms with E-state index in [0.29, 0.717) is 18.7 Å². The molecule has 0 radical (unpaired) electrons. The van der Waals surface area contributed by atoms with E-state index in [0.717, 1.165) is 11.4 Å². The van der Waals surface area contributed by atoms with Crippen molar-refractivity contribution < 1.29 is 7.86 Å². The molecule has 1 atom stereocenters. The fourth-order valence-corrected chi connectivity index (χ4v) is 2.79. The molecule has 1 unspecified atom stereocenters. The number of hydrogen-bond acceptors (Lipinski definition) is 5. The van der Waals surface area contributed by atoms with Crippen LogP contribution in [0.5, 0.6) is 0 Å². The molecule has 0 aliphatic carbocycles. The van der Waals surface area contributed by atoms with Crippen LogP contribution in [0.2, 0.25) is 0 Å². The summed E-state index contributed by atoms with van der Waals surface area (Å²) in [5.74, 6) is -0.0955. The fourth-order valence-electron chi connectivity index (χ4n) is 2.27. The van der Waals surface area contributed by atoms with Gasteiger partial charge in [0.1, 0.15) is 23.0 Å². The molecule has 0 aromatic carbocycles. The standard InChI is InChI=1S/C14H18IN5O2/c1-4-19(12-5-6-16-17-7-12)14(21)13-8-18-20(11(13)3)10(2)9-22-15/h5-8,10H,4,9H2,1-3H3. The van der Waals surface area contributed by atoms with Crippen LogP contribution in [0.3, 0.4) is 0 Å². The van der Waals surface area contributed by atoms with Gasteiger partial charge in [0, 0.05) is 12.2 Å². The number of hydrogen-bond donors (Lipinski definition) is 0. The molecule has 7 nitrogen and oxygen atoms in total. The number of anilines is 1. The van der Waals surface area contributed by atoms with E-state index in [9.17, 15) is 4.79 Å². The van der Waals surface area contributed by atoms with Crippen molar-refractivity contribution in [3.63, 3.8) is 0 Å². The van der Waals surface area contributed by atoms with Gasteiger partial charge in [-0.2, -0.15) is 15.3 Å². The van der Waals surface area contributed by atoms with Gasteiger partial charge in [0.2, 0.25) is 0 Å². The lowest BCUT2D eigenvalue weighted by Crippen LogP contribution is -2.31. The summed E-state index contributed by atoms with van der Waals surface area (Å²) in [5.41, 5.74) is 2.13. The largest absolute Gasteiger partial charge is 0.314 e. The van der Waals surface area contributed by atoms with Gasteiger partial charge in [0.25, 0.3) is 5.91 Å². The lowest BCUT2D eigenvalue weighted by Gasteiger charge is -2.20. The van der Waals surface area contributed by atoms with Gasteiger partial charge in [-0.25, -0.2) is 0 Å². The minimum Gasteiger partial charge on any atom is -0.314 e. The molecule has 2 aromatic heterocycles. The van der Waals surface area contributed by atoms with Crippen LogP contribution in [0.15, 0.2) is 24.7 Å². The number of amides is 1. The van der Waals surface area contributed by atoms with Gasteiger partial charge in [-0.1, -0.05) is 0 Å². The summed E-state index contributed by atoms with van der Waals surface area (Å²) in [5, 5.41) is 11.9. The van der Waals surface area contributed by atoms with Gasteiger partial charge in [-0.15, -0.1) is 0 Å². The van der Waals surface area contributed by atoms with Crippen molar-refractivity contribution in [3.8, 4) is 0 Å². The van der Waals surface area contributed by atoms with Gasteiger partial charge in [0.15, 0.2) is 0 Å². The quantitative estimate of drug-likeness (QED) is 0.679. The maximum atomic E-state index is 12.8. The Morgan fingerprint density at radius 3 is 2.82 bits per heavy atom. The van der Waals surface area contributed by atoms with Crippen molar-refractivity contribution in [3.05, 3.63) is 35.9 Å². The van der Waals surface area contributed by atoms with E-state index in [1.54, 1.807) is 29.6 Å². The average molecular weight is 415 g/mol. The lowest BCUT2D eigenvalue weighted by atomic mass is 10.2. The Morgan fingerprint density at radius 1 is 1.45 bits per heavy atom. The summed E-state index contributed by atoms with van der Waals surface area (Å²) in [6, 6.07) is 1.83. The minimum atomic E-state index is -0.0955. The predicted octanol–water partition coefficient (Wildman–Crippen LogP) is 2.58. The van der Waals surface area contributed by atoms with Crippen molar-refractivity contribution in [2.24, 2.45) is 0 Å². The van der Waals surface area contributed by atoms with E-state index >= 15 is 0 Å². The second-order valence-electron chi connectivity index (χ2n) is 4.86. The third-order valence-electron chi connectivity index (χ3n) is 3.44. The van der Waals surface area contributed by atoms with Gasteiger partial charge < -0.3 is 7.97 Å². The van der Waals surface area contributed by atoms with Gasteiger partial charge in [-0.3, -0.25) is 9.48 Å². The number of nitrogens with zero attached hydrogens (tertiary/aromatic N) is 5. The van der Waals surface area contributed by atoms with Crippen LogP contribution in [0.4, 0.5) is 5.69 Å². The van der Waals surface area contributed by atoms with Crippen LogP contribution >= 0.6 is 23.0 Å². The average Bonchev–Trinajstić information content (AvgIpc) is 2.91. The molecule has 1 amide bonds. The third-order valence-corrected chi connectivity index (χ3v) is 3.80. The molecule has 118 valence electrons. The van der Waals surface area contributed by atoms with Crippen LogP contribution in [0.1, 0.15) is 35.9 Å². The number of rotatable bonds is 6. The first kappa shape index (κ1) is 16.8. The number of carbonyl (C=O) groups excluding carboxylic acids is 1. The molecular weight excluding hydrogens is 397 g/mol. The van der Waals surface area contributed by atoms with E-state index in [1.165, 1.54) is 0 Å². The fraction of sp³-hybridized carbons (Fsp3) is 0.429. The first-order valence-corrected chi connectivity index (χ1v) is 7.84. The highest BCUT2D eigenvalue weighted by molar-refractivity contribution is 14.1. The molecule has 2 aromatic rings. The van der Waals surface area contributed by atoms with Crippen LogP contribution in [0.25, 0.3) is 0 Å². The summed E-state index contributed by atoms with van der Waals surface area (Å²) in [6.07, 6.45) is 4.76. The summed E-state index contributed by atoms with van der Waals surface area (Å²) in [6.45, 7) is 6.88. The van der Waals surface area contributed by atoms with Crippen molar-refractivity contribution >= 4 is 34.6 Å². The topological polar surface area (TPSA) is 73.1 Å². The Balaban J connectivity index is 2.29. The smallest absolute Gasteiger partial charge is 0.261 e. The second-order valence-corrected chi connectivity index (χ2v) is 5.49. The molecule has 0 aliphatic rings. The Labute approximate surface area is 143 Å². The molecule has 0 saturated heterocycles. The monoisotopic (exact) mass is 415 g/mol. The van der Waals surface area contributed by atoms with Crippen LogP contribution < -0.4 is 4.90 Å². The number of carbonyl (C=O) groups is 1. The van der Waals surface area contributed by atoms with Crippen LogP contribution in [-0.4, -0.2) is 39.0 Å². The van der Waals surface area contributed by atoms with E-state index in [1.807, 2.05) is 48.5 Å². The molecule has 0 N–H and O–H groups in total. The van der Waals surface area contributed by atoms with Crippen molar-refractivity contribution in [2.45, 2.75) is 26.8 Å².